The Morgan fingerprint density at radius 2 is 1.67 bits per heavy atom. The van der Waals surface area contributed by atoms with E-state index in [1.165, 1.54) is 11.1 Å². The first-order valence-electron chi connectivity index (χ1n) is 10.2. The quantitative estimate of drug-likeness (QED) is 0.372. The van der Waals surface area contributed by atoms with E-state index in [4.69, 9.17) is 9.72 Å². The smallest absolute Gasteiger partial charge is 0.338 e. The number of ether oxygens (including phenoxy) is 1. The summed E-state index contributed by atoms with van der Waals surface area (Å²) in [5.41, 5.74) is 5.83. The molecule has 0 aliphatic carbocycles. The standard InChI is InChI=1S/C26H24N2O2/c1-3-28-24-16-15-22(26(29)30-4-2)18-23(24)27-25(28)17-12-19-10-13-21(14-11-19)20-8-6-5-7-9-20/h5-18H,3-4H2,1-2H3. The van der Waals surface area contributed by atoms with Crippen molar-refractivity contribution in [3.63, 3.8) is 0 Å². The van der Waals surface area contributed by atoms with Crippen molar-refractivity contribution in [2.24, 2.45) is 0 Å². The van der Waals surface area contributed by atoms with E-state index in [0.717, 1.165) is 29.0 Å². The Morgan fingerprint density at radius 3 is 2.37 bits per heavy atom. The van der Waals surface area contributed by atoms with Gasteiger partial charge in [0.25, 0.3) is 0 Å². The summed E-state index contributed by atoms with van der Waals surface area (Å²) in [5, 5.41) is 0. The lowest BCUT2D eigenvalue weighted by Gasteiger charge is -2.04. The van der Waals surface area contributed by atoms with Crippen molar-refractivity contribution < 1.29 is 9.53 Å². The fourth-order valence-electron chi connectivity index (χ4n) is 3.54. The molecule has 0 aliphatic heterocycles. The van der Waals surface area contributed by atoms with Crippen LogP contribution in [0.2, 0.25) is 0 Å². The number of hydrogen-bond donors (Lipinski definition) is 0. The molecule has 0 saturated carbocycles. The minimum absolute atomic E-state index is 0.318. The Kier molecular flexibility index (Phi) is 5.75. The van der Waals surface area contributed by atoms with E-state index < -0.39 is 0 Å². The van der Waals surface area contributed by atoms with Crippen LogP contribution in [0.3, 0.4) is 0 Å². The third-order valence-corrected chi connectivity index (χ3v) is 5.05. The lowest BCUT2D eigenvalue weighted by atomic mass is 10.0. The minimum Gasteiger partial charge on any atom is -0.462 e. The van der Waals surface area contributed by atoms with E-state index in [-0.39, 0.29) is 5.97 Å². The third kappa shape index (κ3) is 4.03. The Balaban J connectivity index is 1.61. The Bertz CT molecular complexity index is 1190. The van der Waals surface area contributed by atoms with Crippen molar-refractivity contribution in [3.8, 4) is 11.1 Å². The summed E-state index contributed by atoms with van der Waals surface area (Å²) >= 11 is 0. The van der Waals surface area contributed by atoms with Crippen molar-refractivity contribution in [1.29, 1.82) is 0 Å². The number of carbonyl (C=O) groups is 1. The highest BCUT2D eigenvalue weighted by Gasteiger charge is 2.12. The zero-order valence-corrected chi connectivity index (χ0v) is 17.2. The number of imidazole rings is 1. The molecule has 1 aromatic heterocycles. The topological polar surface area (TPSA) is 44.1 Å². The number of benzene rings is 3. The second-order valence-electron chi connectivity index (χ2n) is 6.96. The molecule has 0 saturated heterocycles. The van der Waals surface area contributed by atoms with Gasteiger partial charge in [0, 0.05) is 6.54 Å². The van der Waals surface area contributed by atoms with Crippen molar-refractivity contribution in [2.45, 2.75) is 20.4 Å². The van der Waals surface area contributed by atoms with Crippen LogP contribution in [-0.4, -0.2) is 22.1 Å². The maximum absolute atomic E-state index is 12.0. The lowest BCUT2D eigenvalue weighted by Crippen LogP contribution is -2.04. The van der Waals surface area contributed by atoms with Gasteiger partial charge in [-0.25, -0.2) is 9.78 Å². The van der Waals surface area contributed by atoms with Gasteiger partial charge >= 0.3 is 5.97 Å². The summed E-state index contributed by atoms with van der Waals surface area (Å²) in [4.78, 5) is 16.8. The summed E-state index contributed by atoms with van der Waals surface area (Å²) in [6.45, 7) is 5.04. The lowest BCUT2D eigenvalue weighted by molar-refractivity contribution is 0.0526. The molecule has 0 aliphatic rings. The SMILES string of the molecule is CCOC(=O)c1ccc2c(c1)nc(C=Cc1ccc(-c3ccccc3)cc1)n2CC. The zero-order valence-electron chi connectivity index (χ0n) is 17.2. The fraction of sp³-hybridized carbons (Fsp3) is 0.154. The molecule has 4 nitrogen and oxygen atoms in total. The number of rotatable bonds is 6. The molecule has 0 fully saturated rings. The van der Waals surface area contributed by atoms with Gasteiger partial charge in [-0.3, -0.25) is 0 Å². The summed E-state index contributed by atoms with van der Waals surface area (Å²) in [6, 6.07) is 24.3. The number of hydrogen-bond acceptors (Lipinski definition) is 3. The predicted octanol–water partition coefficient (Wildman–Crippen LogP) is 6.07. The van der Waals surface area contributed by atoms with Gasteiger partial charge in [0.15, 0.2) is 0 Å². The van der Waals surface area contributed by atoms with E-state index in [1.807, 2.05) is 30.3 Å². The summed E-state index contributed by atoms with van der Waals surface area (Å²) in [7, 11) is 0. The van der Waals surface area contributed by atoms with Crippen LogP contribution in [0.4, 0.5) is 0 Å². The third-order valence-electron chi connectivity index (χ3n) is 5.05. The first-order chi connectivity index (χ1) is 14.7. The fourth-order valence-corrected chi connectivity index (χ4v) is 3.54. The highest BCUT2D eigenvalue weighted by molar-refractivity contribution is 5.94. The Labute approximate surface area is 176 Å². The second-order valence-corrected chi connectivity index (χ2v) is 6.96. The van der Waals surface area contributed by atoms with Gasteiger partial charge in [-0.15, -0.1) is 0 Å². The molecule has 150 valence electrons. The summed E-state index contributed by atoms with van der Waals surface area (Å²) in [6.07, 6.45) is 4.08. The molecule has 1 heterocycles. The van der Waals surface area contributed by atoms with E-state index in [1.54, 1.807) is 19.1 Å². The molecule has 30 heavy (non-hydrogen) atoms. The van der Waals surface area contributed by atoms with E-state index in [9.17, 15) is 4.79 Å². The molecule has 0 amide bonds. The van der Waals surface area contributed by atoms with Gasteiger partial charge in [0.05, 0.1) is 23.2 Å². The maximum Gasteiger partial charge on any atom is 0.338 e. The molecular weight excluding hydrogens is 372 g/mol. The highest BCUT2D eigenvalue weighted by atomic mass is 16.5. The van der Waals surface area contributed by atoms with Crippen LogP contribution >= 0.6 is 0 Å². The minimum atomic E-state index is -0.318. The van der Waals surface area contributed by atoms with Crippen molar-refractivity contribution in [3.05, 3.63) is 89.7 Å². The maximum atomic E-state index is 12.0. The van der Waals surface area contributed by atoms with Crippen LogP contribution in [0.25, 0.3) is 34.3 Å². The number of aryl methyl sites for hydroxylation is 1. The zero-order chi connectivity index (χ0) is 20.9. The molecule has 4 aromatic rings. The van der Waals surface area contributed by atoms with Gasteiger partial charge in [-0.2, -0.15) is 0 Å². The predicted molar refractivity (Wildman–Crippen MR) is 122 cm³/mol. The second kappa shape index (κ2) is 8.78. The van der Waals surface area contributed by atoms with Crippen LogP contribution in [0, 0.1) is 0 Å². The number of fused-ring (bicyclic) bond motifs is 1. The first-order valence-corrected chi connectivity index (χ1v) is 10.2. The molecule has 0 N–H and O–H groups in total. The number of carbonyl (C=O) groups excluding carboxylic acids is 1. The monoisotopic (exact) mass is 396 g/mol. The van der Waals surface area contributed by atoms with Crippen molar-refractivity contribution in [2.75, 3.05) is 6.61 Å². The van der Waals surface area contributed by atoms with Crippen molar-refractivity contribution >= 4 is 29.2 Å². The van der Waals surface area contributed by atoms with Crippen LogP contribution in [0.15, 0.2) is 72.8 Å². The van der Waals surface area contributed by atoms with Crippen LogP contribution in [0.5, 0.6) is 0 Å². The average molecular weight is 396 g/mol. The first kappa shape index (κ1) is 19.6. The van der Waals surface area contributed by atoms with Gasteiger partial charge in [-0.1, -0.05) is 60.7 Å². The molecular formula is C26H24N2O2. The van der Waals surface area contributed by atoms with Gasteiger partial charge < -0.3 is 9.30 Å². The highest BCUT2D eigenvalue weighted by Crippen LogP contribution is 2.22. The van der Waals surface area contributed by atoms with Crippen LogP contribution in [0.1, 0.15) is 35.6 Å². The molecule has 4 heteroatoms. The van der Waals surface area contributed by atoms with Crippen LogP contribution < -0.4 is 0 Å². The largest absolute Gasteiger partial charge is 0.462 e. The summed E-state index contributed by atoms with van der Waals surface area (Å²) in [5.74, 6) is 0.543. The van der Waals surface area contributed by atoms with E-state index in [2.05, 4.69) is 54.0 Å². The normalized spacial score (nSPS) is 11.3. The van der Waals surface area contributed by atoms with Crippen molar-refractivity contribution in [1.82, 2.24) is 9.55 Å². The molecule has 0 radical (unpaired) electrons. The van der Waals surface area contributed by atoms with Crippen LogP contribution in [-0.2, 0) is 11.3 Å². The number of aromatic nitrogens is 2. The molecule has 0 bridgehead atoms. The number of nitrogens with zero attached hydrogens (tertiary/aromatic N) is 2. The number of esters is 1. The Hall–Kier alpha value is -3.66. The molecule has 3 aromatic carbocycles. The molecule has 0 atom stereocenters. The van der Waals surface area contributed by atoms with Gasteiger partial charge in [0.1, 0.15) is 5.82 Å². The van der Waals surface area contributed by atoms with Gasteiger partial charge in [0.2, 0.25) is 0 Å². The van der Waals surface area contributed by atoms with E-state index in [0.29, 0.717) is 12.2 Å². The molecule has 0 spiro atoms. The van der Waals surface area contributed by atoms with E-state index >= 15 is 0 Å². The van der Waals surface area contributed by atoms with Gasteiger partial charge in [-0.05, 0) is 54.8 Å². The Morgan fingerprint density at radius 1 is 0.933 bits per heavy atom. The summed E-state index contributed by atoms with van der Waals surface area (Å²) < 4.78 is 7.24. The average Bonchev–Trinajstić information content (AvgIpc) is 3.15. The molecule has 0 unspecified atom stereocenters. The molecule has 4 rings (SSSR count).